The summed E-state index contributed by atoms with van der Waals surface area (Å²) in [7, 11) is 1.57. The van der Waals surface area contributed by atoms with Gasteiger partial charge in [0.25, 0.3) is 5.91 Å². The normalized spacial score (nSPS) is 19.7. The van der Waals surface area contributed by atoms with Crippen LogP contribution >= 0.6 is 11.8 Å². The van der Waals surface area contributed by atoms with E-state index in [0.29, 0.717) is 36.3 Å². The number of benzene rings is 1. The van der Waals surface area contributed by atoms with E-state index in [4.69, 9.17) is 9.73 Å². The summed E-state index contributed by atoms with van der Waals surface area (Å²) in [4.78, 5) is 48.7. The van der Waals surface area contributed by atoms with Gasteiger partial charge in [0, 0.05) is 31.7 Å². The number of amidine groups is 2. The Kier molecular flexibility index (Phi) is 8.34. The first-order valence-electron chi connectivity index (χ1n) is 11.8. The molecule has 3 aliphatic rings. The molecular weight excluding hydrogens is 454 g/mol. The molecule has 0 saturated heterocycles. The number of carbonyl (C=O) groups excluding carboxylic acids is 3. The number of rotatable bonds is 9. The molecular formula is C24H31N5O4S. The van der Waals surface area contributed by atoms with E-state index in [9.17, 15) is 14.4 Å². The number of thioether (sulfide) groups is 1. The fourth-order valence-electron chi connectivity index (χ4n) is 4.38. The van der Waals surface area contributed by atoms with Crippen molar-refractivity contribution in [3.63, 3.8) is 0 Å². The molecule has 2 aliphatic heterocycles. The van der Waals surface area contributed by atoms with Crippen molar-refractivity contribution in [3.8, 4) is 0 Å². The third kappa shape index (κ3) is 5.85. The minimum Gasteiger partial charge on any atom is -0.383 e. The van der Waals surface area contributed by atoms with Crippen molar-refractivity contribution < 1.29 is 19.1 Å². The Labute approximate surface area is 203 Å². The number of hydrogen-bond donors (Lipinski definition) is 2. The molecule has 0 radical (unpaired) electrons. The average Bonchev–Trinajstić information content (AvgIpc) is 3.18. The predicted octanol–water partition coefficient (Wildman–Crippen LogP) is 2.37. The highest BCUT2D eigenvalue weighted by Gasteiger charge is 2.41. The Hall–Kier alpha value is -2.72. The molecule has 1 aliphatic carbocycles. The summed E-state index contributed by atoms with van der Waals surface area (Å²) in [5.41, 5.74) is 1.49. The number of hydrogen-bond acceptors (Lipinski definition) is 7. The van der Waals surface area contributed by atoms with Crippen molar-refractivity contribution in [2.24, 2.45) is 9.98 Å². The number of nitrogens with one attached hydrogen (secondary N) is 2. The van der Waals surface area contributed by atoms with Gasteiger partial charge in [-0.15, -0.1) is 0 Å². The molecule has 3 amide bonds. The first-order chi connectivity index (χ1) is 16.6. The lowest BCUT2D eigenvalue weighted by Crippen LogP contribution is -2.42. The second-order valence-electron chi connectivity index (χ2n) is 8.63. The van der Waals surface area contributed by atoms with Crippen molar-refractivity contribution in [2.45, 2.75) is 57.0 Å². The number of para-hydroxylation sites is 1. The van der Waals surface area contributed by atoms with Crippen LogP contribution in [0.15, 0.2) is 34.3 Å². The average molecular weight is 486 g/mol. The van der Waals surface area contributed by atoms with Crippen LogP contribution in [0.1, 0.15) is 50.5 Å². The Morgan fingerprint density at radius 2 is 1.97 bits per heavy atom. The molecule has 2 heterocycles. The van der Waals surface area contributed by atoms with Gasteiger partial charge in [0.1, 0.15) is 11.9 Å². The third-order valence-electron chi connectivity index (χ3n) is 6.12. The summed E-state index contributed by atoms with van der Waals surface area (Å²) in [6, 6.07) is 7.11. The van der Waals surface area contributed by atoms with Gasteiger partial charge in [-0.1, -0.05) is 43.2 Å². The van der Waals surface area contributed by atoms with Crippen molar-refractivity contribution in [1.82, 2.24) is 15.5 Å². The molecule has 1 atom stereocenters. The number of methoxy groups -OCH3 is 1. The molecule has 4 rings (SSSR count). The summed E-state index contributed by atoms with van der Waals surface area (Å²) >= 11 is 1.20. The fourth-order valence-corrected chi connectivity index (χ4v) is 5.21. The monoisotopic (exact) mass is 485 g/mol. The SMILES string of the molecule is COCCNC(=O)CSC1=Nc2ccccc2C2=NC(CCC(=O)NC3CCCCC3)C(=O)N12. The molecule has 1 aromatic rings. The molecule has 0 aromatic heterocycles. The molecule has 1 saturated carbocycles. The molecule has 1 aromatic carbocycles. The molecule has 0 spiro atoms. The van der Waals surface area contributed by atoms with E-state index in [0.717, 1.165) is 31.2 Å². The lowest BCUT2D eigenvalue weighted by Gasteiger charge is -2.25. The summed E-state index contributed by atoms with van der Waals surface area (Å²) in [5.74, 6) is 0.262. The predicted molar refractivity (Wildman–Crippen MR) is 132 cm³/mol. The minimum absolute atomic E-state index is 0.0267. The Morgan fingerprint density at radius 3 is 2.76 bits per heavy atom. The molecule has 10 heteroatoms. The lowest BCUT2D eigenvalue weighted by atomic mass is 9.95. The lowest BCUT2D eigenvalue weighted by molar-refractivity contribution is -0.125. The molecule has 1 fully saturated rings. The first-order valence-corrected chi connectivity index (χ1v) is 12.8. The van der Waals surface area contributed by atoms with Crippen LogP contribution < -0.4 is 10.6 Å². The Balaban J connectivity index is 1.41. The maximum absolute atomic E-state index is 13.3. The highest BCUT2D eigenvalue weighted by molar-refractivity contribution is 8.14. The van der Waals surface area contributed by atoms with Crippen molar-refractivity contribution in [1.29, 1.82) is 0 Å². The van der Waals surface area contributed by atoms with Crippen LogP contribution in [0.3, 0.4) is 0 Å². The standard InChI is InChI=1S/C24H31N5O4S/c1-33-14-13-25-21(31)15-34-24-28-18-10-6-5-9-17(18)22-27-19(23(32)29(22)24)11-12-20(30)26-16-7-3-2-4-8-16/h5-6,9-10,16,19H,2-4,7-8,11-15H2,1H3,(H,25,31)(H,26,30). The van der Waals surface area contributed by atoms with Crippen molar-refractivity contribution in [3.05, 3.63) is 29.8 Å². The van der Waals surface area contributed by atoms with Gasteiger partial charge in [-0.25, -0.2) is 9.89 Å². The maximum atomic E-state index is 13.3. The van der Waals surface area contributed by atoms with E-state index in [-0.39, 0.29) is 35.9 Å². The largest absolute Gasteiger partial charge is 0.383 e. The van der Waals surface area contributed by atoms with E-state index in [1.807, 2.05) is 24.3 Å². The van der Waals surface area contributed by atoms with Gasteiger partial charge in [-0.2, -0.15) is 0 Å². The number of ether oxygens (including phenoxy) is 1. The second-order valence-corrected chi connectivity index (χ2v) is 9.57. The van der Waals surface area contributed by atoms with E-state index >= 15 is 0 Å². The number of amides is 3. The summed E-state index contributed by atoms with van der Waals surface area (Å²) in [6.07, 6.45) is 6.18. The summed E-state index contributed by atoms with van der Waals surface area (Å²) < 4.78 is 4.95. The molecule has 1 unspecified atom stereocenters. The molecule has 9 nitrogen and oxygen atoms in total. The first kappa shape index (κ1) is 24.4. The van der Waals surface area contributed by atoms with Gasteiger partial charge >= 0.3 is 0 Å². The van der Waals surface area contributed by atoms with Crippen LogP contribution in [-0.2, 0) is 19.1 Å². The zero-order valence-corrected chi connectivity index (χ0v) is 20.2. The molecule has 2 N–H and O–H groups in total. The Bertz CT molecular complexity index is 989. The van der Waals surface area contributed by atoms with E-state index in [1.165, 1.54) is 23.1 Å². The topological polar surface area (TPSA) is 112 Å². The number of aliphatic imine (C=N–C) groups is 2. The van der Waals surface area contributed by atoms with Gasteiger partial charge in [0.2, 0.25) is 11.8 Å². The number of nitrogens with zero attached hydrogens (tertiary/aromatic N) is 3. The summed E-state index contributed by atoms with van der Waals surface area (Å²) in [5, 5.41) is 6.30. The van der Waals surface area contributed by atoms with Crippen LogP contribution in [0.4, 0.5) is 5.69 Å². The quantitative estimate of drug-likeness (QED) is 0.522. The molecule has 182 valence electrons. The smallest absolute Gasteiger partial charge is 0.259 e. The Morgan fingerprint density at radius 1 is 1.18 bits per heavy atom. The maximum Gasteiger partial charge on any atom is 0.259 e. The highest BCUT2D eigenvalue weighted by atomic mass is 32.2. The van der Waals surface area contributed by atoms with Crippen LogP contribution in [0.2, 0.25) is 0 Å². The van der Waals surface area contributed by atoms with E-state index in [1.54, 1.807) is 7.11 Å². The van der Waals surface area contributed by atoms with Crippen LogP contribution in [-0.4, -0.2) is 71.7 Å². The van der Waals surface area contributed by atoms with Gasteiger partial charge in [0.15, 0.2) is 5.17 Å². The van der Waals surface area contributed by atoms with E-state index in [2.05, 4.69) is 15.6 Å². The van der Waals surface area contributed by atoms with Crippen LogP contribution in [0.25, 0.3) is 0 Å². The highest BCUT2D eigenvalue weighted by Crippen LogP contribution is 2.34. The van der Waals surface area contributed by atoms with Gasteiger partial charge in [-0.05, 0) is 31.4 Å². The van der Waals surface area contributed by atoms with Gasteiger partial charge in [0.05, 0.1) is 18.0 Å². The van der Waals surface area contributed by atoms with Crippen molar-refractivity contribution >= 4 is 46.2 Å². The van der Waals surface area contributed by atoms with E-state index < -0.39 is 6.04 Å². The zero-order valence-electron chi connectivity index (χ0n) is 19.4. The number of carbonyl (C=O) groups is 3. The van der Waals surface area contributed by atoms with Gasteiger partial charge in [-0.3, -0.25) is 19.4 Å². The third-order valence-corrected chi connectivity index (χ3v) is 7.06. The van der Waals surface area contributed by atoms with Gasteiger partial charge < -0.3 is 15.4 Å². The minimum atomic E-state index is -0.639. The number of fused-ring (bicyclic) bond motifs is 3. The molecule has 34 heavy (non-hydrogen) atoms. The van der Waals surface area contributed by atoms with Crippen LogP contribution in [0.5, 0.6) is 0 Å². The zero-order chi connectivity index (χ0) is 23.9. The molecule has 0 bridgehead atoms. The summed E-state index contributed by atoms with van der Waals surface area (Å²) in [6.45, 7) is 0.855. The van der Waals surface area contributed by atoms with Crippen molar-refractivity contribution in [2.75, 3.05) is 26.0 Å². The second kappa shape index (κ2) is 11.6. The van der Waals surface area contributed by atoms with Crippen LogP contribution in [0, 0.1) is 0 Å². The fraction of sp³-hybridized carbons (Fsp3) is 0.542.